The molecule has 35 heavy (non-hydrogen) atoms. The molecule has 7 nitrogen and oxygen atoms in total. The van der Waals surface area contributed by atoms with Crippen LogP contribution in [0.2, 0.25) is 0 Å². The Morgan fingerprint density at radius 2 is 2.03 bits per heavy atom. The van der Waals surface area contributed by atoms with E-state index in [1.54, 1.807) is 18.7 Å². The summed E-state index contributed by atoms with van der Waals surface area (Å²) in [5.74, 6) is 1.18. The normalized spacial score (nSPS) is 20.4. The van der Waals surface area contributed by atoms with Gasteiger partial charge < -0.3 is 19.8 Å². The van der Waals surface area contributed by atoms with E-state index in [0.29, 0.717) is 18.1 Å². The fourth-order valence-corrected chi connectivity index (χ4v) is 5.44. The van der Waals surface area contributed by atoms with Crippen LogP contribution in [0, 0.1) is 6.92 Å². The van der Waals surface area contributed by atoms with Gasteiger partial charge in [-0.25, -0.2) is 4.98 Å². The molecule has 1 saturated carbocycles. The van der Waals surface area contributed by atoms with E-state index in [1.807, 2.05) is 37.3 Å². The van der Waals surface area contributed by atoms with Gasteiger partial charge in [0.15, 0.2) is 0 Å². The van der Waals surface area contributed by atoms with Gasteiger partial charge >= 0.3 is 0 Å². The van der Waals surface area contributed by atoms with Crippen molar-refractivity contribution >= 4 is 27.1 Å². The summed E-state index contributed by atoms with van der Waals surface area (Å²) in [6.07, 6.45) is 7.85. The van der Waals surface area contributed by atoms with Gasteiger partial charge in [0.05, 0.1) is 17.3 Å². The Morgan fingerprint density at radius 1 is 1.17 bits per heavy atom. The molecule has 1 amide bonds. The Bertz CT molecular complexity index is 1410. The fourth-order valence-electron chi connectivity index (χ4n) is 4.79. The molecular formula is C27H28N4O3Si. The second kappa shape index (κ2) is 8.32. The molecule has 1 saturated heterocycles. The summed E-state index contributed by atoms with van der Waals surface area (Å²) in [6.45, 7) is 3.65. The van der Waals surface area contributed by atoms with E-state index in [0.717, 1.165) is 69.4 Å². The summed E-state index contributed by atoms with van der Waals surface area (Å²) in [6, 6.07) is 13.8. The first kappa shape index (κ1) is 22.0. The van der Waals surface area contributed by atoms with Crippen LogP contribution in [0.5, 0.6) is 5.75 Å². The van der Waals surface area contributed by atoms with Crippen molar-refractivity contribution in [2.75, 3.05) is 13.2 Å². The number of benzene rings is 2. The minimum absolute atomic E-state index is 0.0913. The number of amides is 1. The highest BCUT2D eigenvalue weighted by Crippen LogP contribution is 2.49. The molecule has 1 atom stereocenters. The number of fused-ring (bicyclic) bond motifs is 1. The van der Waals surface area contributed by atoms with Crippen LogP contribution < -0.4 is 15.4 Å². The number of rotatable bonds is 7. The van der Waals surface area contributed by atoms with Gasteiger partial charge in [0, 0.05) is 38.1 Å². The van der Waals surface area contributed by atoms with Gasteiger partial charge in [-0.05, 0) is 74.2 Å². The average Bonchev–Trinajstić information content (AvgIpc) is 3.41. The second-order valence-electron chi connectivity index (χ2n) is 9.97. The number of aryl methyl sites for hydroxylation is 1. The molecule has 0 bridgehead atoms. The van der Waals surface area contributed by atoms with Crippen LogP contribution in [-0.2, 0) is 5.54 Å². The van der Waals surface area contributed by atoms with Gasteiger partial charge in [-0.3, -0.25) is 9.78 Å². The zero-order valence-corrected chi connectivity index (χ0v) is 21.9. The van der Waals surface area contributed by atoms with Crippen LogP contribution in [0.3, 0.4) is 0 Å². The lowest BCUT2D eigenvalue weighted by molar-refractivity contribution is 0.0930. The van der Waals surface area contributed by atoms with Crippen molar-refractivity contribution in [1.82, 2.24) is 20.6 Å². The van der Waals surface area contributed by atoms with E-state index in [4.69, 9.17) is 9.15 Å². The summed E-state index contributed by atoms with van der Waals surface area (Å²) < 4.78 is 11.6. The smallest absolute Gasteiger partial charge is 0.252 e. The van der Waals surface area contributed by atoms with Gasteiger partial charge in [-0.1, -0.05) is 12.1 Å². The summed E-state index contributed by atoms with van der Waals surface area (Å²) in [5, 5.41) is 7.99. The molecule has 2 aliphatic rings. The zero-order chi connectivity index (χ0) is 24.0. The van der Waals surface area contributed by atoms with E-state index in [9.17, 15) is 4.79 Å². The predicted molar refractivity (Wildman–Crippen MR) is 138 cm³/mol. The van der Waals surface area contributed by atoms with Crippen molar-refractivity contribution in [2.45, 2.75) is 36.9 Å². The van der Waals surface area contributed by atoms with Gasteiger partial charge in [0.2, 0.25) is 5.89 Å². The van der Waals surface area contributed by atoms with Crippen LogP contribution in [0.1, 0.15) is 40.7 Å². The Morgan fingerprint density at radius 3 is 2.74 bits per heavy atom. The third-order valence-corrected chi connectivity index (χ3v) is 8.40. The van der Waals surface area contributed by atoms with E-state index < -0.39 is 5.54 Å². The Kier molecular flexibility index (Phi) is 5.23. The highest BCUT2D eigenvalue weighted by Gasteiger charge is 2.47. The summed E-state index contributed by atoms with van der Waals surface area (Å²) in [5.41, 5.74) is 3.87. The van der Waals surface area contributed by atoms with Crippen LogP contribution >= 0.6 is 0 Å². The van der Waals surface area contributed by atoms with Crippen molar-refractivity contribution in [3.05, 3.63) is 77.8 Å². The molecular weight excluding hydrogens is 456 g/mol. The standard InChI is InChI=1S/C27H28N4O3Si/c1-17-4-5-19(34-16-27(35)8-10-30-27)15-21(17)24(32)31-26(6-7-26)22-13-18(25-29-11-12-33-25)14-23-20(22)3-2-9-28-23/h2-5,9,11-15,30H,6-8,10,16H2,1,35H3,(H,31,32). The lowest BCUT2D eigenvalue weighted by atomic mass is 9.95. The second-order valence-corrected chi connectivity index (χ2v) is 11.9. The Balaban J connectivity index is 1.30. The summed E-state index contributed by atoms with van der Waals surface area (Å²) >= 11 is 0. The molecule has 6 rings (SSSR count). The molecule has 1 aliphatic heterocycles. The van der Waals surface area contributed by atoms with E-state index in [2.05, 4.69) is 32.7 Å². The number of hydrogen-bond acceptors (Lipinski definition) is 6. The Labute approximate surface area is 206 Å². The van der Waals surface area contributed by atoms with Crippen LogP contribution in [0.15, 0.2) is 65.5 Å². The first-order valence-electron chi connectivity index (χ1n) is 12.0. The zero-order valence-electron chi connectivity index (χ0n) is 19.9. The van der Waals surface area contributed by atoms with Gasteiger partial charge in [-0.2, -0.15) is 0 Å². The molecule has 4 aromatic rings. The molecule has 2 fully saturated rings. The monoisotopic (exact) mass is 484 g/mol. The number of carbonyl (C=O) groups excluding carboxylic acids is 1. The number of ether oxygens (including phenoxy) is 1. The molecule has 1 unspecified atom stereocenters. The summed E-state index contributed by atoms with van der Waals surface area (Å²) in [4.78, 5) is 22.4. The number of nitrogens with one attached hydrogen (secondary N) is 2. The molecule has 2 N–H and O–H groups in total. The molecule has 0 spiro atoms. The fraction of sp³-hybridized carbons (Fsp3) is 0.296. The minimum atomic E-state index is -0.445. The topological polar surface area (TPSA) is 89.3 Å². The van der Waals surface area contributed by atoms with E-state index >= 15 is 0 Å². The first-order chi connectivity index (χ1) is 16.9. The van der Waals surface area contributed by atoms with Crippen molar-refractivity contribution in [3.63, 3.8) is 0 Å². The molecule has 1 aliphatic carbocycles. The van der Waals surface area contributed by atoms with Gasteiger partial charge in [0.1, 0.15) is 18.6 Å². The van der Waals surface area contributed by atoms with Crippen LogP contribution in [0.25, 0.3) is 22.4 Å². The number of hydrogen-bond donors (Lipinski definition) is 2. The van der Waals surface area contributed by atoms with E-state index in [1.165, 1.54) is 0 Å². The molecule has 3 heterocycles. The predicted octanol–water partition coefficient (Wildman–Crippen LogP) is 3.05. The molecule has 2 aromatic heterocycles. The third-order valence-electron chi connectivity index (χ3n) is 7.26. The number of oxazole rings is 1. The van der Waals surface area contributed by atoms with Crippen LogP contribution in [0.4, 0.5) is 0 Å². The van der Waals surface area contributed by atoms with Crippen molar-refractivity contribution < 1.29 is 13.9 Å². The molecule has 2 aromatic carbocycles. The molecule has 8 heteroatoms. The quantitative estimate of drug-likeness (QED) is 0.392. The highest BCUT2D eigenvalue weighted by atomic mass is 28.1. The number of aromatic nitrogens is 2. The maximum atomic E-state index is 13.5. The molecule has 178 valence electrons. The third kappa shape index (κ3) is 4.13. The first-order valence-corrected chi connectivity index (χ1v) is 13.0. The van der Waals surface area contributed by atoms with Crippen molar-refractivity contribution in [2.24, 2.45) is 0 Å². The number of pyridine rings is 1. The maximum Gasteiger partial charge on any atom is 0.252 e. The summed E-state index contributed by atoms with van der Waals surface area (Å²) in [7, 11) is 1.03. The van der Waals surface area contributed by atoms with Gasteiger partial charge in [0.25, 0.3) is 5.91 Å². The van der Waals surface area contributed by atoms with Crippen molar-refractivity contribution in [1.29, 1.82) is 0 Å². The lowest BCUT2D eigenvalue weighted by Gasteiger charge is -2.39. The van der Waals surface area contributed by atoms with Crippen molar-refractivity contribution in [3.8, 4) is 17.2 Å². The number of nitrogens with zero attached hydrogens (tertiary/aromatic N) is 2. The van der Waals surface area contributed by atoms with E-state index in [-0.39, 0.29) is 11.1 Å². The molecule has 0 radical (unpaired) electrons. The SMILES string of the molecule is Cc1ccc(OCC2([SiH3])CCN2)cc1C(=O)NC1(c2cc(-c3ncco3)cc3ncccc23)CC1. The maximum absolute atomic E-state index is 13.5. The lowest BCUT2D eigenvalue weighted by Crippen LogP contribution is -2.61. The van der Waals surface area contributed by atoms with Gasteiger partial charge in [-0.15, -0.1) is 0 Å². The Hall–Kier alpha value is -3.49. The van der Waals surface area contributed by atoms with Crippen LogP contribution in [-0.4, -0.2) is 44.4 Å². The highest BCUT2D eigenvalue weighted by molar-refractivity contribution is 6.16. The average molecular weight is 485 g/mol. The number of carbonyl (C=O) groups is 1. The largest absolute Gasteiger partial charge is 0.492 e. The minimum Gasteiger partial charge on any atom is -0.492 e.